The third-order valence-electron chi connectivity index (χ3n) is 3.35. The van der Waals surface area contributed by atoms with Gasteiger partial charge in [0.15, 0.2) is 0 Å². The van der Waals surface area contributed by atoms with Crippen molar-refractivity contribution in [1.82, 2.24) is 15.1 Å². The Hall–Kier alpha value is -1.65. The van der Waals surface area contributed by atoms with Gasteiger partial charge in [-0.05, 0) is 25.0 Å². The summed E-state index contributed by atoms with van der Waals surface area (Å²) in [7, 11) is 1.74. The molecule has 0 aliphatic rings. The van der Waals surface area contributed by atoms with E-state index in [1.165, 1.54) is 5.56 Å². The highest BCUT2D eigenvalue weighted by Crippen LogP contribution is 2.14. The molecule has 4 heteroatoms. The monoisotopic (exact) mass is 273 g/mol. The van der Waals surface area contributed by atoms with E-state index in [2.05, 4.69) is 42.6 Å². The highest BCUT2D eigenvalue weighted by atomic mass is 16.5. The molecule has 0 saturated carbocycles. The van der Waals surface area contributed by atoms with Crippen molar-refractivity contribution in [3.05, 3.63) is 48.3 Å². The van der Waals surface area contributed by atoms with Gasteiger partial charge >= 0.3 is 0 Å². The Morgan fingerprint density at radius 1 is 1.25 bits per heavy atom. The number of methoxy groups -OCH3 is 1. The summed E-state index contributed by atoms with van der Waals surface area (Å²) >= 11 is 0. The summed E-state index contributed by atoms with van der Waals surface area (Å²) in [5, 5.41) is 7.94. The molecule has 0 saturated heterocycles. The lowest BCUT2D eigenvalue weighted by molar-refractivity contribution is 0.157. The zero-order chi connectivity index (χ0) is 14.4. The topological polar surface area (TPSA) is 39.1 Å². The lowest BCUT2D eigenvalue weighted by Crippen LogP contribution is -2.26. The van der Waals surface area contributed by atoms with Crippen LogP contribution in [0.1, 0.15) is 25.5 Å². The van der Waals surface area contributed by atoms with Gasteiger partial charge in [-0.3, -0.25) is 0 Å². The van der Waals surface area contributed by atoms with Gasteiger partial charge in [0.05, 0.1) is 11.9 Å². The predicted octanol–water partition coefficient (Wildman–Crippen LogP) is 2.81. The van der Waals surface area contributed by atoms with E-state index in [9.17, 15) is 0 Å². The van der Waals surface area contributed by atoms with Gasteiger partial charge in [-0.15, -0.1) is 0 Å². The van der Waals surface area contributed by atoms with Crippen LogP contribution in [0, 0.1) is 5.92 Å². The van der Waals surface area contributed by atoms with Crippen LogP contribution in [-0.4, -0.2) is 30.0 Å². The minimum Gasteiger partial charge on any atom is -0.384 e. The quantitative estimate of drug-likeness (QED) is 0.843. The number of rotatable bonds is 7. The van der Waals surface area contributed by atoms with E-state index in [1.807, 2.05) is 29.1 Å². The van der Waals surface area contributed by atoms with Crippen LogP contribution in [0.4, 0.5) is 0 Å². The van der Waals surface area contributed by atoms with Gasteiger partial charge in [0.2, 0.25) is 0 Å². The van der Waals surface area contributed by atoms with Crippen molar-refractivity contribution < 1.29 is 4.74 Å². The van der Waals surface area contributed by atoms with Crippen LogP contribution in [0.25, 0.3) is 5.69 Å². The lowest BCUT2D eigenvalue weighted by atomic mass is 10.1. The highest BCUT2D eigenvalue weighted by molar-refractivity contribution is 5.31. The summed E-state index contributed by atoms with van der Waals surface area (Å²) in [6.45, 7) is 6.05. The van der Waals surface area contributed by atoms with Gasteiger partial charge in [0.1, 0.15) is 0 Å². The Bertz CT molecular complexity index is 509. The zero-order valence-corrected chi connectivity index (χ0v) is 12.4. The van der Waals surface area contributed by atoms with E-state index in [0.29, 0.717) is 5.92 Å². The summed E-state index contributed by atoms with van der Waals surface area (Å²) < 4.78 is 7.06. The molecule has 0 amide bonds. The first-order chi connectivity index (χ1) is 9.70. The van der Waals surface area contributed by atoms with Crippen molar-refractivity contribution in [2.75, 3.05) is 20.3 Å². The smallest absolute Gasteiger partial charge is 0.0645 e. The molecule has 20 heavy (non-hydrogen) atoms. The fourth-order valence-corrected chi connectivity index (χ4v) is 2.12. The van der Waals surface area contributed by atoms with Crippen molar-refractivity contribution in [3.8, 4) is 5.69 Å². The Kier molecular flexibility index (Phi) is 5.32. The number of benzene rings is 1. The van der Waals surface area contributed by atoms with Crippen molar-refractivity contribution in [2.24, 2.45) is 5.92 Å². The predicted molar refractivity (Wildman–Crippen MR) is 81.0 cm³/mol. The zero-order valence-electron chi connectivity index (χ0n) is 12.4. The standard InChI is InChI=1S/C16H23N3O/c1-13(12-20-3)9-17-14(2)15-10-18-19(11-15)16-7-5-4-6-8-16/h4-8,10-11,13-14,17H,9,12H2,1-3H3. The minimum atomic E-state index is 0.284. The first-order valence-corrected chi connectivity index (χ1v) is 7.03. The van der Waals surface area contributed by atoms with Crippen LogP contribution >= 0.6 is 0 Å². The maximum absolute atomic E-state index is 5.15. The Balaban J connectivity index is 1.95. The Morgan fingerprint density at radius 3 is 2.70 bits per heavy atom. The molecule has 2 atom stereocenters. The first-order valence-electron chi connectivity index (χ1n) is 7.03. The van der Waals surface area contributed by atoms with Gasteiger partial charge in [0, 0.05) is 38.1 Å². The van der Waals surface area contributed by atoms with Gasteiger partial charge < -0.3 is 10.1 Å². The molecule has 2 rings (SSSR count). The first kappa shape index (κ1) is 14.8. The van der Waals surface area contributed by atoms with Gasteiger partial charge in [-0.1, -0.05) is 25.1 Å². The fourth-order valence-electron chi connectivity index (χ4n) is 2.12. The molecule has 0 bridgehead atoms. The molecule has 1 aromatic heterocycles. The summed E-state index contributed by atoms with van der Waals surface area (Å²) in [5.74, 6) is 0.506. The maximum Gasteiger partial charge on any atom is 0.0645 e. The van der Waals surface area contributed by atoms with Crippen LogP contribution in [0.5, 0.6) is 0 Å². The second kappa shape index (κ2) is 7.22. The Labute approximate surface area is 120 Å². The van der Waals surface area contributed by atoms with Gasteiger partial charge in [-0.2, -0.15) is 5.10 Å². The fraction of sp³-hybridized carbons (Fsp3) is 0.438. The van der Waals surface area contributed by atoms with E-state index in [1.54, 1.807) is 7.11 Å². The van der Waals surface area contributed by atoms with Crippen LogP contribution < -0.4 is 5.32 Å². The lowest BCUT2D eigenvalue weighted by Gasteiger charge is -2.16. The highest BCUT2D eigenvalue weighted by Gasteiger charge is 2.10. The number of ether oxygens (including phenoxy) is 1. The van der Waals surface area contributed by atoms with E-state index < -0.39 is 0 Å². The molecule has 1 N–H and O–H groups in total. The molecule has 0 fully saturated rings. The second-order valence-electron chi connectivity index (χ2n) is 5.24. The van der Waals surface area contributed by atoms with Gasteiger partial charge in [-0.25, -0.2) is 4.68 Å². The summed E-state index contributed by atoms with van der Waals surface area (Å²) in [4.78, 5) is 0. The molecule has 108 valence electrons. The van der Waals surface area contributed by atoms with Crippen molar-refractivity contribution >= 4 is 0 Å². The van der Waals surface area contributed by atoms with Gasteiger partial charge in [0.25, 0.3) is 0 Å². The molecule has 0 spiro atoms. The van der Waals surface area contributed by atoms with E-state index >= 15 is 0 Å². The number of aromatic nitrogens is 2. The summed E-state index contributed by atoms with van der Waals surface area (Å²) in [6, 6.07) is 10.4. The summed E-state index contributed by atoms with van der Waals surface area (Å²) in [6.07, 6.45) is 4.00. The van der Waals surface area contributed by atoms with Crippen molar-refractivity contribution in [1.29, 1.82) is 0 Å². The maximum atomic E-state index is 5.15. The van der Waals surface area contributed by atoms with Crippen LogP contribution in [-0.2, 0) is 4.74 Å². The largest absolute Gasteiger partial charge is 0.384 e. The normalized spacial score (nSPS) is 14.2. The molecule has 2 aromatic rings. The van der Waals surface area contributed by atoms with Crippen LogP contribution in [0.3, 0.4) is 0 Å². The average Bonchev–Trinajstić information content (AvgIpc) is 2.96. The molecule has 0 aliphatic heterocycles. The third kappa shape index (κ3) is 3.92. The van der Waals surface area contributed by atoms with E-state index in [4.69, 9.17) is 4.74 Å². The molecule has 4 nitrogen and oxygen atoms in total. The third-order valence-corrected chi connectivity index (χ3v) is 3.35. The number of hydrogen-bond donors (Lipinski definition) is 1. The summed E-state index contributed by atoms with van der Waals surface area (Å²) in [5.41, 5.74) is 2.28. The molecule has 0 aliphatic carbocycles. The number of nitrogens with one attached hydrogen (secondary N) is 1. The van der Waals surface area contributed by atoms with E-state index in [-0.39, 0.29) is 6.04 Å². The number of hydrogen-bond acceptors (Lipinski definition) is 3. The molecular weight excluding hydrogens is 250 g/mol. The SMILES string of the molecule is COCC(C)CNC(C)c1cnn(-c2ccccc2)c1. The number of para-hydroxylation sites is 1. The van der Waals surface area contributed by atoms with Crippen LogP contribution in [0.2, 0.25) is 0 Å². The van der Waals surface area contributed by atoms with Crippen LogP contribution in [0.15, 0.2) is 42.7 Å². The van der Waals surface area contributed by atoms with E-state index in [0.717, 1.165) is 18.8 Å². The van der Waals surface area contributed by atoms with Crippen molar-refractivity contribution in [3.63, 3.8) is 0 Å². The van der Waals surface area contributed by atoms with Crippen molar-refractivity contribution in [2.45, 2.75) is 19.9 Å². The molecular formula is C16H23N3O. The molecule has 2 unspecified atom stereocenters. The minimum absolute atomic E-state index is 0.284. The number of nitrogens with zero attached hydrogens (tertiary/aromatic N) is 2. The molecule has 1 heterocycles. The molecule has 0 radical (unpaired) electrons. The molecule has 1 aromatic carbocycles. The average molecular weight is 273 g/mol. The second-order valence-corrected chi connectivity index (χ2v) is 5.24. The Morgan fingerprint density at radius 2 is 2.00 bits per heavy atom.